The second kappa shape index (κ2) is 11.9. The van der Waals surface area contributed by atoms with Gasteiger partial charge in [-0.05, 0) is 60.3 Å². The van der Waals surface area contributed by atoms with Crippen LogP contribution in [0.1, 0.15) is 22.5 Å². The summed E-state index contributed by atoms with van der Waals surface area (Å²) in [6.07, 6.45) is 2.04. The summed E-state index contributed by atoms with van der Waals surface area (Å²) in [6, 6.07) is 36.2. The van der Waals surface area contributed by atoms with Crippen LogP contribution in [0.25, 0.3) is 11.1 Å². The molecule has 0 unspecified atom stereocenters. The van der Waals surface area contributed by atoms with Gasteiger partial charge >= 0.3 is 0 Å². The topological polar surface area (TPSA) is 37.0 Å². The molecule has 0 aliphatic heterocycles. The Morgan fingerprint density at radius 3 is 1.41 bits per heavy atom. The van der Waals surface area contributed by atoms with Crippen molar-refractivity contribution >= 4 is 0 Å². The summed E-state index contributed by atoms with van der Waals surface area (Å²) in [6.45, 7) is 3.41. The molecule has 1 heterocycles. The molecule has 3 heteroatoms. The molecule has 0 saturated carbocycles. The quantitative estimate of drug-likeness (QED) is 0.318. The van der Waals surface area contributed by atoms with Crippen molar-refractivity contribution in [2.45, 2.75) is 25.9 Å². The number of hydrogen-bond acceptors (Lipinski definition) is 3. The Labute approximate surface area is 191 Å². The molecule has 4 rings (SSSR count). The van der Waals surface area contributed by atoms with Crippen LogP contribution in [0.5, 0.6) is 0 Å². The van der Waals surface area contributed by atoms with Crippen LogP contribution in [0, 0.1) is 0 Å². The van der Waals surface area contributed by atoms with E-state index in [1.165, 1.54) is 22.3 Å². The minimum atomic E-state index is 0.768. The predicted octanol–water partition coefficient (Wildman–Crippen LogP) is 5.41. The molecule has 0 saturated heterocycles. The van der Waals surface area contributed by atoms with Gasteiger partial charge in [0.1, 0.15) is 0 Å². The molecule has 32 heavy (non-hydrogen) atoms. The van der Waals surface area contributed by atoms with E-state index in [2.05, 4.69) is 114 Å². The van der Waals surface area contributed by atoms with Gasteiger partial charge in [0, 0.05) is 13.1 Å². The molecule has 0 fully saturated rings. The maximum absolute atomic E-state index is 4.92. The Morgan fingerprint density at radius 1 is 0.500 bits per heavy atom. The number of hydrogen-bond donors (Lipinski definition) is 2. The molecule has 3 aromatic carbocycles. The van der Waals surface area contributed by atoms with Gasteiger partial charge in [-0.25, -0.2) is 0 Å². The highest BCUT2D eigenvalue weighted by atomic mass is 14.9. The number of benzene rings is 3. The van der Waals surface area contributed by atoms with Crippen molar-refractivity contribution in [2.75, 3.05) is 13.1 Å². The fraction of sp³-hybridized carbons (Fsp3) is 0.207. The van der Waals surface area contributed by atoms with E-state index in [9.17, 15) is 0 Å². The molecule has 0 aliphatic rings. The lowest BCUT2D eigenvalue weighted by molar-refractivity contribution is 0.652. The van der Waals surface area contributed by atoms with Crippen molar-refractivity contribution in [3.8, 4) is 11.1 Å². The van der Waals surface area contributed by atoms with Crippen LogP contribution in [0.4, 0.5) is 0 Å². The minimum Gasteiger partial charge on any atom is -0.311 e. The number of rotatable bonds is 11. The molecule has 4 aromatic rings. The molecule has 0 amide bonds. The van der Waals surface area contributed by atoms with E-state index < -0.39 is 0 Å². The van der Waals surface area contributed by atoms with Gasteiger partial charge in [-0.15, -0.1) is 0 Å². The molecule has 3 nitrogen and oxygen atoms in total. The van der Waals surface area contributed by atoms with Crippen LogP contribution < -0.4 is 10.6 Å². The highest BCUT2D eigenvalue weighted by molar-refractivity contribution is 5.64. The summed E-state index contributed by atoms with van der Waals surface area (Å²) in [5.74, 6) is 0. The summed E-state index contributed by atoms with van der Waals surface area (Å²) in [7, 11) is 0. The zero-order valence-electron chi connectivity index (χ0n) is 18.5. The first-order valence-electron chi connectivity index (χ1n) is 11.4. The zero-order valence-corrected chi connectivity index (χ0v) is 18.5. The Kier molecular flexibility index (Phi) is 8.19. The van der Waals surface area contributed by atoms with Crippen molar-refractivity contribution in [3.63, 3.8) is 0 Å². The smallest absolute Gasteiger partial charge is 0.0551 e. The second-order valence-electron chi connectivity index (χ2n) is 8.03. The molecule has 0 spiro atoms. The van der Waals surface area contributed by atoms with Crippen molar-refractivity contribution in [1.29, 1.82) is 0 Å². The third kappa shape index (κ3) is 6.88. The number of aromatic nitrogens is 1. The van der Waals surface area contributed by atoms with Crippen LogP contribution in [-0.4, -0.2) is 18.1 Å². The molecule has 0 radical (unpaired) electrons. The fourth-order valence-electron chi connectivity index (χ4n) is 3.82. The molecule has 2 N–H and O–H groups in total. The van der Waals surface area contributed by atoms with Gasteiger partial charge in [-0.2, -0.15) is 0 Å². The number of nitrogens with one attached hydrogen (secondary N) is 2. The maximum atomic E-state index is 4.92. The Hall–Kier alpha value is -3.27. The second-order valence-corrected chi connectivity index (χ2v) is 8.03. The van der Waals surface area contributed by atoms with Crippen molar-refractivity contribution in [1.82, 2.24) is 15.6 Å². The van der Waals surface area contributed by atoms with E-state index >= 15 is 0 Å². The van der Waals surface area contributed by atoms with Crippen LogP contribution in [-0.2, 0) is 25.9 Å². The lowest BCUT2D eigenvalue weighted by atomic mass is 10.0. The lowest BCUT2D eigenvalue weighted by Gasteiger charge is -2.11. The van der Waals surface area contributed by atoms with E-state index in [0.717, 1.165) is 50.4 Å². The van der Waals surface area contributed by atoms with Gasteiger partial charge in [0.25, 0.3) is 0 Å². The fourth-order valence-corrected chi connectivity index (χ4v) is 3.82. The zero-order chi connectivity index (χ0) is 21.8. The summed E-state index contributed by atoms with van der Waals surface area (Å²) in [5.41, 5.74) is 7.33. The molecule has 0 atom stereocenters. The third-order valence-electron chi connectivity index (χ3n) is 5.52. The predicted molar refractivity (Wildman–Crippen MR) is 133 cm³/mol. The standard InChI is InChI=1S/C29H31N3/c1-4-10-24(11-5-1)16-18-30-22-28-20-27(26-14-8-3-9-15-26)21-29(32-28)23-31-19-17-25-12-6-2-7-13-25/h1-15,20-21,30-31H,16-19,22-23H2. The van der Waals surface area contributed by atoms with Gasteiger partial charge in [-0.1, -0.05) is 91.0 Å². The molecule has 1 aromatic heterocycles. The molecular weight excluding hydrogens is 390 g/mol. The van der Waals surface area contributed by atoms with Gasteiger partial charge in [0.15, 0.2) is 0 Å². The Balaban J connectivity index is 1.37. The van der Waals surface area contributed by atoms with Gasteiger partial charge < -0.3 is 10.6 Å². The van der Waals surface area contributed by atoms with E-state index in [1.807, 2.05) is 0 Å². The van der Waals surface area contributed by atoms with Gasteiger partial charge in [0.05, 0.1) is 11.4 Å². The monoisotopic (exact) mass is 421 g/mol. The lowest BCUT2D eigenvalue weighted by Crippen LogP contribution is -2.20. The van der Waals surface area contributed by atoms with Gasteiger partial charge in [-0.3, -0.25) is 4.98 Å². The summed E-state index contributed by atoms with van der Waals surface area (Å²) in [5, 5.41) is 7.12. The van der Waals surface area contributed by atoms with E-state index in [-0.39, 0.29) is 0 Å². The first kappa shape index (κ1) is 21.9. The molecule has 162 valence electrons. The van der Waals surface area contributed by atoms with E-state index in [0.29, 0.717) is 0 Å². The average molecular weight is 422 g/mol. The van der Waals surface area contributed by atoms with Crippen LogP contribution in [0.2, 0.25) is 0 Å². The molecule has 0 aliphatic carbocycles. The Bertz CT molecular complexity index is 998. The number of pyridine rings is 1. The van der Waals surface area contributed by atoms with Crippen LogP contribution in [0.15, 0.2) is 103 Å². The normalized spacial score (nSPS) is 10.9. The average Bonchev–Trinajstić information content (AvgIpc) is 2.86. The minimum absolute atomic E-state index is 0.768. The van der Waals surface area contributed by atoms with E-state index in [4.69, 9.17) is 4.98 Å². The number of nitrogens with zero attached hydrogens (tertiary/aromatic N) is 1. The van der Waals surface area contributed by atoms with Crippen LogP contribution in [0.3, 0.4) is 0 Å². The molecule has 0 bridgehead atoms. The first-order valence-corrected chi connectivity index (χ1v) is 11.4. The summed E-state index contributed by atoms with van der Waals surface area (Å²) < 4.78 is 0. The van der Waals surface area contributed by atoms with Crippen molar-refractivity contribution in [2.24, 2.45) is 0 Å². The largest absolute Gasteiger partial charge is 0.311 e. The first-order chi connectivity index (χ1) is 15.9. The highest BCUT2D eigenvalue weighted by Crippen LogP contribution is 2.21. The van der Waals surface area contributed by atoms with Gasteiger partial charge in [0.2, 0.25) is 0 Å². The van der Waals surface area contributed by atoms with Crippen molar-refractivity contribution in [3.05, 3.63) is 126 Å². The molecular formula is C29H31N3. The van der Waals surface area contributed by atoms with Crippen LogP contribution >= 0.6 is 0 Å². The third-order valence-corrected chi connectivity index (χ3v) is 5.52. The Morgan fingerprint density at radius 2 is 0.938 bits per heavy atom. The highest BCUT2D eigenvalue weighted by Gasteiger charge is 2.06. The SMILES string of the molecule is c1ccc(CCNCc2cc(-c3ccccc3)cc(CNCCc3ccccc3)n2)cc1. The van der Waals surface area contributed by atoms with Crippen molar-refractivity contribution < 1.29 is 0 Å². The van der Waals surface area contributed by atoms with E-state index in [1.54, 1.807) is 0 Å². The summed E-state index contributed by atoms with van der Waals surface area (Å²) >= 11 is 0. The summed E-state index contributed by atoms with van der Waals surface area (Å²) in [4.78, 5) is 4.92. The maximum Gasteiger partial charge on any atom is 0.0551 e.